The Kier molecular flexibility index (Phi) is 1.88. The van der Waals surface area contributed by atoms with Crippen LogP contribution < -0.4 is 5.56 Å². The Bertz CT molecular complexity index is 412. The molecule has 0 bridgehead atoms. The van der Waals surface area contributed by atoms with Crippen molar-refractivity contribution in [3.8, 4) is 11.8 Å². The summed E-state index contributed by atoms with van der Waals surface area (Å²) in [5.41, 5.74) is 0.346. The lowest BCUT2D eigenvalue weighted by Gasteiger charge is -2.02. The zero-order valence-corrected chi connectivity index (χ0v) is 6.80. The number of nitrogens with one attached hydrogen (secondary N) is 1. The highest BCUT2D eigenvalue weighted by atomic mass is 16.3. The Balaban J connectivity index is 3.66. The molecule has 0 radical (unpaired) electrons. The van der Waals surface area contributed by atoms with E-state index in [2.05, 4.69) is 4.98 Å². The van der Waals surface area contributed by atoms with Gasteiger partial charge in [0.2, 0.25) is 0 Å². The van der Waals surface area contributed by atoms with E-state index in [1.807, 2.05) is 0 Å². The third-order valence-electron chi connectivity index (χ3n) is 1.79. The van der Waals surface area contributed by atoms with Gasteiger partial charge in [0, 0.05) is 11.3 Å². The minimum absolute atomic E-state index is 0.223. The number of pyridine rings is 1. The number of aromatic nitrogens is 1. The smallest absolute Gasteiger partial charge is 0.269 e. The van der Waals surface area contributed by atoms with Gasteiger partial charge in [-0.2, -0.15) is 5.26 Å². The fourth-order valence-electron chi connectivity index (χ4n) is 0.903. The summed E-state index contributed by atoms with van der Waals surface area (Å²) >= 11 is 0. The first-order chi connectivity index (χ1) is 5.57. The van der Waals surface area contributed by atoms with Crippen molar-refractivity contribution >= 4 is 0 Å². The van der Waals surface area contributed by atoms with E-state index in [1.54, 1.807) is 19.9 Å². The number of aryl methyl sites for hydroxylation is 1. The van der Waals surface area contributed by atoms with Crippen LogP contribution in [0.2, 0.25) is 0 Å². The number of nitrogens with zero attached hydrogens (tertiary/aromatic N) is 1. The lowest BCUT2D eigenvalue weighted by molar-refractivity contribution is 0.466. The van der Waals surface area contributed by atoms with E-state index in [4.69, 9.17) is 5.26 Å². The monoisotopic (exact) mass is 164 g/mol. The Morgan fingerprint density at radius 3 is 2.58 bits per heavy atom. The summed E-state index contributed by atoms with van der Waals surface area (Å²) in [5.74, 6) is -0.223. The molecular weight excluding hydrogens is 156 g/mol. The Labute approximate surface area is 69.1 Å². The summed E-state index contributed by atoms with van der Waals surface area (Å²) in [7, 11) is 0. The van der Waals surface area contributed by atoms with Crippen LogP contribution >= 0.6 is 0 Å². The van der Waals surface area contributed by atoms with Crippen LogP contribution in [0.1, 0.15) is 16.8 Å². The van der Waals surface area contributed by atoms with Crippen LogP contribution in [-0.4, -0.2) is 10.1 Å². The summed E-state index contributed by atoms with van der Waals surface area (Å²) < 4.78 is 0. The van der Waals surface area contributed by atoms with Crippen LogP contribution in [0.4, 0.5) is 0 Å². The average Bonchev–Trinajstić information content (AvgIpc) is 2.01. The van der Waals surface area contributed by atoms with Gasteiger partial charge in [0.25, 0.3) is 5.56 Å². The summed E-state index contributed by atoms with van der Waals surface area (Å²) in [6, 6.07) is 1.64. The summed E-state index contributed by atoms with van der Waals surface area (Å²) in [5, 5.41) is 17.8. The number of hydrogen-bond acceptors (Lipinski definition) is 3. The number of rotatable bonds is 0. The molecule has 0 saturated carbocycles. The lowest BCUT2D eigenvalue weighted by atomic mass is 10.1. The van der Waals surface area contributed by atoms with E-state index < -0.39 is 5.56 Å². The normalized spacial score (nSPS) is 9.42. The average molecular weight is 164 g/mol. The molecule has 1 aromatic rings. The topological polar surface area (TPSA) is 76.9 Å². The molecule has 0 saturated heterocycles. The van der Waals surface area contributed by atoms with Gasteiger partial charge in [-0.25, -0.2) is 0 Å². The molecule has 0 aromatic carbocycles. The standard InChI is InChI=1S/C8H8N2O2/c1-4-5(2)10-8(12)6(3-9)7(4)11/h1-2H3,(H2,10,11,12). The van der Waals surface area contributed by atoms with Crippen LogP contribution in [0, 0.1) is 25.2 Å². The van der Waals surface area contributed by atoms with Gasteiger partial charge < -0.3 is 10.1 Å². The van der Waals surface area contributed by atoms with E-state index in [0.717, 1.165) is 0 Å². The number of H-pyrrole nitrogens is 1. The molecule has 0 aliphatic heterocycles. The van der Waals surface area contributed by atoms with E-state index >= 15 is 0 Å². The second-order valence-electron chi connectivity index (χ2n) is 2.54. The predicted octanol–water partition coefficient (Wildman–Crippen LogP) is 0.569. The fourth-order valence-corrected chi connectivity index (χ4v) is 0.903. The first-order valence-corrected chi connectivity index (χ1v) is 3.40. The maximum atomic E-state index is 11.0. The summed E-state index contributed by atoms with van der Waals surface area (Å²) in [6.07, 6.45) is 0. The molecule has 0 aliphatic carbocycles. The van der Waals surface area contributed by atoms with Gasteiger partial charge in [-0.3, -0.25) is 4.79 Å². The molecule has 0 aliphatic rings. The minimum Gasteiger partial charge on any atom is -0.506 e. The molecule has 0 amide bonds. The van der Waals surface area contributed by atoms with Crippen molar-refractivity contribution in [2.45, 2.75) is 13.8 Å². The highest BCUT2D eigenvalue weighted by molar-refractivity contribution is 5.46. The van der Waals surface area contributed by atoms with Gasteiger partial charge >= 0.3 is 0 Å². The Morgan fingerprint density at radius 2 is 2.08 bits per heavy atom. The van der Waals surface area contributed by atoms with Crippen molar-refractivity contribution in [3.05, 3.63) is 27.2 Å². The zero-order chi connectivity index (χ0) is 9.30. The molecule has 4 heteroatoms. The van der Waals surface area contributed by atoms with E-state index in [0.29, 0.717) is 11.3 Å². The fraction of sp³-hybridized carbons (Fsp3) is 0.250. The molecule has 2 N–H and O–H groups in total. The molecule has 0 unspecified atom stereocenters. The third-order valence-corrected chi connectivity index (χ3v) is 1.79. The molecular formula is C8H8N2O2. The van der Waals surface area contributed by atoms with Gasteiger partial charge in [0.05, 0.1) is 0 Å². The first-order valence-electron chi connectivity index (χ1n) is 3.40. The second-order valence-corrected chi connectivity index (χ2v) is 2.54. The lowest BCUT2D eigenvalue weighted by Crippen LogP contribution is -2.12. The number of aromatic hydroxyl groups is 1. The molecule has 1 aromatic heterocycles. The molecule has 0 atom stereocenters. The molecule has 0 spiro atoms. The van der Waals surface area contributed by atoms with Crippen LogP contribution in [0.5, 0.6) is 5.75 Å². The number of nitriles is 1. The Hall–Kier alpha value is -1.76. The summed E-state index contributed by atoms with van der Waals surface area (Å²) in [6.45, 7) is 3.30. The third kappa shape index (κ3) is 1.05. The van der Waals surface area contributed by atoms with Crippen molar-refractivity contribution in [1.29, 1.82) is 5.26 Å². The molecule has 0 fully saturated rings. The molecule has 1 heterocycles. The number of hydrogen-bond donors (Lipinski definition) is 2. The van der Waals surface area contributed by atoms with Crippen molar-refractivity contribution < 1.29 is 5.11 Å². The highest BCUT2D eigenvalue weighted by Crippen LogP contribution is 2.18. The van der Waals surface area contributed by atoms with Gasteiger partial charge in [-0.15, -0.1) is 0 Å². The zero-order valence-electron chi connectivity index (χ0n) is 6.80. The minimum atomic E-state index is -0.543. The van der Waals surface area contributed by atoms with Gasteiger partial charge in [0.15, 0.2) is 5.56 Å². The van der Waals surface area contributed by atoms with Crippen LogP contribution in [-0.2, 0) is 0 Å². The van der Waals surface area contributed by atoms with E-state index in [9.17, 15) is 9.90 Å². The Morgan fingerprint density at radius 1 is 1.50 bits per heavy atom. The number of aromatic amines is 1. The SMILES string of the molecule is Cc1[nH]c(=O)c(C#N)c(O)c1C. The van der Waals surface area contributed by atoms with E-state index in [1.165, 1.54) is 0 Å². The van der Waals surface area contributed by atoms with E-state index in [-0.39, 0.29) is 11.3 Å². The van der Waals surface area contributed by atoms with Crippen molar-refractivity contribution in [2.24, 2.45) is 0 Å². The molecule has 4 nitrogen and oxygen atoms in total. The molecule has 1 rings (SSSR count). The second kappa shape index (κ2) is 2.70. The van der Waals surface area contributed by atoms with Crippen LogP contribution in [0.25, 0.3) is 0 Å². The summed E-state index contributed by atoms with van der Waals surface area (Å²) in [4.78, 5) is 13.5. The maximum absolute atomic E-state index is 11.0. The maximum Gasteiger partial charge on any atom is 0.269 e. The highest BCUT2D eigenvalue weighted by Gasteiger charge is 2.10. The van der Waals surface area contributed by atoms with Crippen molar-refractivity contribution in [2.75, 3.05) is 0 Å². The quantitative estimate of drug-likeness (QED) is 0.588. The van der Waals surface area contributed by atoms with Gasteiger partial charge in [-0.1, -0.05) is 0 Å². The van der Waals surface area contributed by atoms with Crippen molar-refractivity contribution in [1.82, 2.24) is 4.98 Å². The van der Waals surface area contributed by atoms with Crippen LogP contribution in [0.3, 0.4) is 0 Å². The van der Waals surface area contributed by atoms with Gasteiger partial charge in [0.1, 0.15) is 11.8 Å². The molecule has 62 valence electrons. The van der Waals surface area contributed by atoms with Crippen molar-refractivity contribution in [3.63, 3.8) is 0 Å². The largest absolute Gasteiger partial charge is 0.506 e. The van der Waals surface area contributed by atoms with Gasteiger partial charge in [-0.05, 0) is 13.8 Å². The first kappa shape index (κ1) is 8.34. The van der Waals surface area contributed by atoms with Crippen LogP contribution in [0.15, 0.2) is 4.79 Å². The molecule has 12 heavy (non-hydrogen) atoms. The predicted molar refractivity (Wildman–Crippen MR) is 42.9 cm³/mol.